The molecule has 10 nitrogen and oxygen atoms in total. The number of quaternary nitrogens is 1. The maximum atomic E-state index is 13.8. The molecule has 2 aromatic rings. The van der Waals surface area contributed by atoms with Gasteiger partial charge < -0.3 is 15.0 Å². The number of nitro benzene ring substituents is 1. The first kappa shape index (κ1) is 25.7. The zero-order valence-electron chi connectivity index (χ0n) is 19.3. The predicted octanol–water partition coefficient (Wildman–Crippen LogP) is 1.81. The molecule has 1 aliphatic rings. The summed E-state index contributed by atoms with van der Waals surface area (Å²) in [5, 5.41) is 33.7. The number of amides is 1. The highest BCUT2D eigenvalue weighted by Gasteiger charge is 2.46. The van der Waals surface area contributed by atoms with Gasteiger partial charge in [-0.2, -0.15) is 9.60 Å². The number of benzene rings is 2. The van der Waals surface area contributed by atoms with Crippen molar-refractivity contribution in [2.45, 2.75) is 19.3 Å². The van der Waals surface area contributed by atoms with Crippen LogP contribution >= 0.6 is 0 Å². The van der Waals surface area contributed by atoms with E-state index in [4.69, 9.17) is 5.11 Å². The number of piperidine rings is 1. The maximum absolute atomic E-state index is 13.8. The number of carbonyl (C=O) groups excluding carboxylic acids is 2. The van der Waals surface area contributed by atoms with Gasteiger partial charge in [0.25, 0.3) is 5.69 Å². The van der Waals surface area contributed by atoms with Crippen molar-refractivity contribution >= 4 is 23.5 Å². The van der Waals surface area contributed by atoms with Crippen LogP contribution < -0.4 is 5.11 Å². The Morgan fingerprint density at radius 1 is 1.11 bits per heavy atom. The van der Waals surface area contributed by atoms with Crippen LogP contribution in [0.1, 0.15) is 28.8 Å². The number of rotatable bonds is 9. The summed E-state index contributed by atoms with van der Waals surface area (Å²) in [6, 6.07) is 15.3. The molecule has 0 radical (unpaired) electrons. The minimum Gasteiger partial charge on any atom is -0.545 e. The lowest BCUT2D eigenvalue weighted by molar-refractivity contribution is -0.966. The molecule has 1 fully saturated rings. The first-order valence-electron chi connectivity index (χ1n) is 11.2. The summed E-state index contributed by atoms with van der Waals surface area (Å²) in [6.45, 7) is 0.928. The van der Waals surface area contributed by atoms with Crippen molar-refractivity contribution in [1.29, 1.82) is 0 Å². The Balaban J connectivity index is 1.91. The molecular weight excluding hydrogens is 454 g/mol. The van der Waals surface area contributed by atoms with E-state index < -0.39 is 22.8 Å². The number of carboxylic acids is 2. The number of carboxylic acid groups (broad SMARTS) is 2. The van der Waals surface area contributed by atoms with Crippen LogP contribution in [0.2, 0.25) is 0 Å². The van der Waals surface area contributed by atoms with Gasteiger partial charge in [0.1, 0.15) is 13.1 Å². The summed E-state index contributed by atoms with van der Waals surface area (Å²) < 4.78 is -0.155. The minimum absolute atomic E-state index is 0.155. The van der Waals surface area contributed by atoms with Crippen LogP contribution in [0, 0.1) is 16.0 Å². The van der Waals surface area contributed by atoms with E-state index in [1.165, 1.54) is 24.3 Å². The Morgan fingerprint density at radius 2 is 1.77 bits per heavy atom. The molecule has 0 spiro atoms. The summed E-state index contributed by atoms with van der Waals surface area (Å²) in [5.74, 6) is -3.83. The quantitative estimate of drug-likeness (QED) is 0.247. The van der Waals surface area contributed by atoms with E-state index in [9.17, 15) is 29.6 Å². The Kier molecular flexibility index (Phi) is 8.10. The van der Waals surface area contributed by atoms with Gasteiger partial charge in [-0.1, -0.05) is 36.4 Å². The SMILES string of the molecule is CN(CCc1ccccc1)[N+]1(C(=O)c2cccc([N+](=O)[O-])c2)CCC(/C(=C/C(=O)O)C(=O)[O-])CC1. The van der Waals surface area contributed by atoms with Gasteiger partial charge in [-0.25, -0.2) is 9.59 Å². The van der Waals surface area contributed by atoms with Crippen LogP contribution in [0.4, 0.5) is 5.69 Å². The van der Waals surface area contributed by atoms with Crippen molar-refractivity contribution in [3.63, 3.8) is 0 Å². The molecule has 0 aromatic heterocycles. The predicted molar refractivity (Wildman–Crippen MR) is 124 cm³/mol. The fraction of sp³-hybridized carbons (Fsp3) is 0.320. The Morgan fingerprint density at radius 3 is 2.34 bits per heavy atom. The van der Waals surface area contributed by atoms with Gasteiger partial charge in [-0.3, -0.25) is 10.1 Å². The van der Waals surface area contributed by atoms with Crippen molar-refractivity contribution < 1.29 is 34.1 Å². The molecule has 0 atom stereocenters. The topological polar surface area (TPSA) is 141 Å². The number of non-ortho nitro benzene ring substituents is 1. The number of nitro groups is 1. The standard InChI is InChI=1S/C25H27N3O7/c1-26(13-10-18-6-3-2-4-7-18)28(24(31)20-8-5-9-21(16-20)27(34)35)14-11-19(12-15-28)22(25(32)33)17-23(29)30/h2-9,16-17,19H,10-15H2,1H3,(H-,29,30,32,33)/b22-17-. The molecule has 10 heteroatoms. The highest BCUT2D eigenvalue weighted by atomic mass is 16.6. The molecule has 0 bridgehead atoms. The van der Waals surface area contributed by atoms with Crippen molar-refractivity contribution in [3.05, 3.63) is 87.5 Å². The molecule has 3 rings (SSSR count). The van der Waals surface area contributed by atoms with E-state index in [1.54, 1.807) is 7.05 Å². The third-order valence-electron chi connectivity index (χ3n) is 6.55. The lowest BCUT2D eigenvalue weighted by Gasteiger charge is -2.46. The fourth-order valence-electron chi connectivity index (χ4n) is 4.60. The number of likely N-dealkylation sites (N-methyl/N-ethyl adjacent to an activating group) is 1. The lowest BCUT2D eigenvalue weighted by atomic mass is 9.87. The Labute approximate surface area is 202 Å². The van der Waals surface area contributed by atoms with Crippen LogP contribution in [-0.4, -0.2) is 64.2 Å². The number of nitrogens with zero attached hydrogens (tertiary/aromatic N) is 3. The smallest absolute Gasteiger partial charge is 0.365 e. The molecule has 1 amide bonds. The van der Waals surface area contributed by atoms with Gasteiger partial charge in [0, 0.05) is 38.1 Å². The van der Waals surface area contributed by atoms with E-state index >= 15 is 0 Å². The van der Waals surface area contributed by atoms with Gasteiger partial charge >= 0.3 is 11.9 Å². The molecule has 0 saturated carbocycles. The van der Waals surface area contributed by atoms with Gasteiger partial charge in [-0.15, -0.1) is 0 Å². The molecule has 1 saturated heterocycles. The molecule has 1 heterocycles. The number of hydrogen-bond donors (Lipinski definition) is 1. The summed E-state index contributed by atoms with van der Waals surface area (Å²) in [4.78, 5) is 47.2. The first-order valence-corrected chi connectivity index (χ1v) is 11.2. The van der Waals surface area contributed by atoms with Crippen LogP contribution in [0.3, 0.4) is 0 Å². The molecule has 184 valence electrons. The van der Waals surface area contributed by atoms with Crippen LogP contribution in [0.5, 0.6) is 0 Å². The molecule has 1 aliphatic heterocycles. The number of likely N-dealkylation sites (tertiary alicyclic amines) is 1. The average molecular weight is 482 g/mol. The second-order valence-electron chi connectivity index (χ2n) is 8.60. The Bertz CT molecular complexity index is 1140. The second-order valence-corrected chi connectivity index (χ2v) is 8.60. The first-order chi connectivity index (χ1) is 16.6. The Hall–Kier alpha value is -3.89. The highest BCUT2D eigenvalue weighted by Crippen LogP contribution is 2.32. The lowest BCUT2D eigenvalue weighted by Crippen LogP contribution is -2.65. The summed E-state index contributed by atoms with van der Waals surface area (Å²) in [5.41, 5.74) is 0.772. The zero-order valence-corrected chi connectivity index (χ0v) is 19.3. The minimum atomic E-state index is -1.54. The molecule has 2 aromatic carbocycles. The van der Waals surface area contributed by atoms with Gasteiger partial charge in [0.15, 0.2) is 0 Å². The van der Waals surface area contributed by atoms with Gasteiger partial charge in [-0.05, 0) is 29.5 Å². The average Bonchev–Trinajstić information content (AvgIpc) is 2.86. The van der Waals surface area contributed by atoms with E-state index in [0.717, 1.165) is 5.56 Å². The number of aliphatic carboxylic acids is 2. The van der Waals surface area contributed by atoms with E-state index in [2.05, 4.69) is 0 Å². The molecule has 0 aliphatic carbocycles. The van der Waals surface area contributed by atoms with Gasteiger partial charge in [0.05, 0.1) is 23.0 Å². The van der Waals surface area contributed by atoms with E-state index in [-0.39, 0.29) is 53.3 Å². The fourth-order valence-corrected chi connectivity index (χ4v) is 4.60. The largest absolute Gasteiger partial charge is 0.545 e. The third kappa shape index (κ3) is 5.97. The molecule has 35 heavy (non-hydrogen) atoms. The van der Waals surface area contributed by atoms with E-state index in [1.807, 2.05) is 35.3 Å². The van der Waals surface area contributed by atoms with E-state index in [0.29, 0.717) is 19.0 Å². The molecule has 0 unspecified atom stereocenters. The third-order valence-corrected chi connectivity index (χ3v) is 6.55. The van der Waals surface area contributed by atoms with Crippen molar-refractivity contribution in [3.8, 4) is 0 Å². The van der Waals surface area contributed by atoms with Crippen molar-refractivity contribution in [2.75, 3.05) is 26.7 Å². The summed E-state index contributed by atoms with van der Waals surface area (Å²) in [7, 11) is 1.80. The molecule has 1 N–H and O–H groups in total. The highest BCUT2D eigenvalue weighted by molar-refractivity contribution is 5.94. The number of hydrogen-bond acceptors (Lipinski definition) is 7. The van der Waals surface area contributed by atoms with Crippen LogP contribution in [0.15, 0.2) is 66.2 Å². The monoisotopic (exact) mass is 481 g/mol. The maximum Gasteiger partial charge on any atom is 0.365 e. The second kappa shape index (κ2) is 11.0. The zero-order chi connectivity index (χ0) is 25.6. The van der Waals surface area contributed by atoms with Crippen LogP contribution in [0.25, 0.3) is 0 Å². The molecular formula is C25H27N3O7. The summed E-state index contributed by atoms with van der Waals surface area (Å²) in [6.07, 6.45) is 1.79. The number of carbonyl (C=O) groups is 3. The van der Waals surface area contributed by atoms with Crippen molar-refractivity contribution in [2.24, 2.45) is 5.92 Å². The van der Waals surface area contributed by atoms with Crippen molar-refractivity contribution in [1.82, 2.24) is 5.01 Å². The van der Waals surface area contributed by atoms with Crippen LogP contribution in [-0.2, 0) is 16.0 Å². The summed E-state index contributed by atoms with van der Waals surface area (Å²) >= 11 is 0. The normalized spacial score (nSPS) is 20.4. The van der Waals surface area contributed by atoms with Gasteiger partial charge in [0.2, 0.25) is 0 Å².